The van der Waals surface area contributed by atoms with E-state index in [0.29, 0.717) is 29.0 Å². The number of aliphatic hydroxyl groups is 1. The van der Waals surface area contributed by atoms with E-state index in [-0.39, 0.29) is 44.1 Å². The number of fused-ring (bicyclic) bond motifs is 1. The Morgan fingerprint density at radius 1 is 1.21 bits per heavy atom. The Morgan fingerprint density at radius 3 is 2.68 bits per heavy atom. The molecule has 196 valence electrons. The van der Waals surface area contributed by atoms with Crippen molar-refractivity contribution in [2.45, 2.75) is 39.3 Å². The SMILES string of the molecule is CCOC(=O)c1sc(N2C(=O)C(=O)/C(=C(/O)c3ccc4c(c3)CC(C)O4)C2c2ccc(Cl)c(Cl)c2)nc1C. The molecule has 2 aliphatic rings. The van der Waals surface area contributed by atoms with Gasteiger partial charge in [0.15, 0.2) is 5.13 Å². The maximum absolute atomic E-state index is 13.4. The highest BCUT2D eigenvalue weighted by molar-refractivity contribution is 7.17. The van der Waals surface area contributed by atoms with Crippen LogP contribution in [0.5, 0.6) is 5.75 Å². The first kappa shape index (κ1) is 26.2. The van der Waals surface area contributed by atoms with Crippen LogP contribution < -0.4 is 9.64 Å². The molecule has 5 rings (SSSR count). The lowest BCUT2D eigenvalue weighted by atomic mass is 9.94. The molecule has 1 saturated heterocycles. The van der Waals surface area contributed by atoms with Crippen molar-refractivity contribution in [2.24, 2.45) is 0 Å². The molecule has 1 amide bonds. The minimum atomic E-state index is -1.08. The van der Waals surface area contributed by atoms with Crippen LogP contribution in [-0.4, -0.2) is 40.5 Å². The number of aliphatic hydroxyl groups excluding tert-OH is 1. The molecule has 2 atom stereocenters. The number of benzene rings is 2. The van der Waals surface area contributed by atoms with Crippen LogP contribution in [-0.2, 0) is 20.7 Å². The number of esters is 1. The van der Waals surface area contributed by atoms with Crippen molar-refractivity contribution in [1.82, 2.24) is 4.98 Å². The van der Waals surface area contributed by atoms with E-state index in [1.54, 1.807) is 44.2 Å². The second-order valence-corrected chi connectivity index (χ2v) is 10.7. The summed E-state index contributed by atoms with van der Waals surface area (Å²) in [5.74, 6) is -2.01. The van der Waals surface area contributed by atoms with Crippen LogP contribution in [0.1, 0.15) is 51.9 Å². The lowest BCUT2D eigenvalue weighted by Crippen LogP contribution is -2.29. The number of anilines is 1. The number of aromatic nitrogens is 1. The fourth-order valence-corrected chi connectivity index (χ4v) is 5.92. The summed E-state index contributed by atoms with van der Waals surface area (Å²) in [5.41, 5.74) is 1.91. The van der Waals surface area contributed by atoms with Gasteiger partial charge in [-0.15, -0.1) is 0 Å². The summed E-state index contributed by atoms with van der Waals surface area (Å²) in [7, 11) is 0. The van der Waals surface area contributed by atoms with Gasteiger partial charge in [0.1, 0.15) is 22.5 Å². The largest absolute Gasteiger partial charge is 0.507 e. The van der Waals surface area contributed by atoms with Crippen LogP contribution in [0.2, 0.25) is 10.0 Å². The molecule has 2 unspecified atom stereocenters. The molecular formula is C27H22Cl2N2O6S. The number of hydrogen-bond donors (Lipinski definition) is 1. The Balaban J connectivity index is 1.68. The Kier molecular flexibility index (Phi) is 6.94. The number of carbonyl (C=O) groups is 3. The predicted octanol–water partition coefficient (Wildman–Crippen LogP) is 5.88. The Morgan fingerprint density at radius 2 is 1.97 bits per heavy atom. The highest BCUT2D eigenvalue weighted by Gasteiger charge is 2.48. The van der Waals surface area contributed by atoms with E-state index in [1.807, 2.05) is 6.92 Å². The van der Waals surface area contributed by atoms with Crippen molar-refractivity contribution < 1.29 is 29.0 Å². The maximum Gasteiger partial charge on any atom is 0.350 e. The molecule has 2 aromatic carbocycles. The lowest BCUT2D eigenvalue weighted by Gasteiger charge is -2.23. The first-order valence-electron chi connectivity index (χ1n) is 11.8. The van der Waals surface area contributed by atoms with Gasteiger partial charge in [-0.3, -0.25) is 14.5 Å². The van der Waals surface area contributed by atoms with E-state index >= 15 is 0 Å². The van der Waals surface area contributed by atoms with E-state index in [0.717, 1.165) is 16.9 Å². The molecule has 1 N–H and O–H groups in total. The van der Waals surface area contributed by atoms with Gasteiger partial charge in [-0.05, 0) is 62.2 Å². The average molecular weight is 573 g/mol. The Labute approximate surface area is 232 Å². The number of ether oxygens (including phenoxy) is 2. The number of carbonyl (C=O) groups excluding carboxylic acids is 3. The third-order valence-corrected chi connectivity index (χ3v) is 8.20. The topological polar surface area (TPSA) is 106 Å². The molecule has 0 bridgehead atoms. The Bertz CT molecular complexity index is 1530. The standard InChI is InChI=1S/C27H22Cl2N2O6S/c1-4-36-26(35)24-13(3)30-27(38-24)31-21(14-5-7-17(28)18(29)11-14)20(23(33)25(31)34)22(32)15-6-8-19-16(10-15)9-12(2)37-19/h5-8,10-12,21,32H,4,9H2,1-3H3/b22-20+. The van der Waals surface area contributed by atoms with E-state index < -0.39 is 23.7 Å². The predicted molar refractivity (Wildman–Crippen MR) is 144 cm³/mol. The third-order valence-electron chi connectivity index (χ3n) is 6.33. The second kappa shape index (κ2) is 10.1. The first-order valence-corrected chi connectivity index (χ1v) is 13.4. The molecule has 3 aromatic rings. The number of halogens is 2. The summed E-state index contributed by atoms with van der Waals surface area (Å²) < 4.78 is 10.9. The van der Waals surface area contributed by atoms with Gasteiger partial charge < -0.3 is 14.6 Å². The molecule has 38 heavy (non-hydrogen) atoms. The number of thiazole rings is 1. The van der Waals surface area contributed by atoms with Gasteiger partial charge in [0, 0.05) is 12.0 Å². The molecule has 1 aromatic heterocycles. The van der Waals surface area contributed by atoms with E-state index in [1.165, 1.54) is 11.0 Å². The minimum absolute atomic E-state index is 0.00841. The zero-order chi connectivity index (χ0) is 27.3. The van der Waals surface area contributed by atoms with Crippen LogP contribution in [0.3, 0.4) is 0 Å². The van der Waals surface area contributed by atoms with E-state index in [2.05, 4.69) is 4.98 Å². The average Bonchev–Trinajstić information content (AvgIpc) is 3.52. The van der Waals surface area contributed by atoms with E-state index in [9.17, 15) is 19.5 Å². The van der Waals surface area contributed by atoms with Crippen LogP contribution in [0, 0.1) is 6.92 Å². The molecular weight excluding hydrogens is 551 g/mol. The summed E-state index contributed by atoms with van der Waals surface area (Å²) in [4.78, 5) is 45.1. The second-order valence-electron chi connectivity index (χ2n) is 8.93. The van der Waals surface area contributed by atoms with Gasteiger partial charge in [0.25, 0.3) is 5.78 Å². The normalized spacial score (nSPS) is 20.0. The molecule has 0 saturated carbocycles. The number of Topliss-reactive ketones (excluding diaryl/α,β-unsaturated/α-hetero) is 1. The fourth-order valence-electron chi connectivity index (χ4n) is 4.62. The molecule has 11 heteroatoms. The number of aryl methyl sites for hydroxylation is 1. The van der Waals surface area contributed by atoms with Crippen molar-refractivity contribution in [1.29, 1.82) is 0 Å². The highest BCUT2D eigenvalue weighted by Crippen LogP contribution is 2.45. The zero-order valence-electron chi connectivity index (χ0n) is 20.6. The number of ketones is 1. The smallest absolute Gasteiger partial charge is 0.350 e. The molecule has 1 fully saturated rings. The van der Waals surface area contributed by atoms with Crippen LogP contribution >= 0.6 is 34.5 Å². The summed E-state index contributed by atoms with van der Waals surface area (Å²) in [6.45, 7) is 5.41. The summed E-state index contributed by atoms with van der Waals surface area (Å²) in [5, 5.41) is 12.0. The third kappa shape index (κ3) is 4.44. The van der Waals surface area contributed by atoms with Gasteiger partial charge in [-0.25, -0.2) is 9.78 Å². The molecule has 2 aliphatic heterocycles. The maximum atomic E-state index is 13.4. The van der Waals surface area contributed by atoms with Crippen molar-refractivity contribution >= 4 is 63.1 Å². The molecule has 0 radical (unpaired) electrons. The lowest BCUT2D eigenvalue weighted by molar-refractivity contribution is -0.132. The summed E-state index contributed by atoms with van der Waals surface area (Å²) in [6, 6.07) is 8.74. The number of hydrogen-bond acceptors (Lipinski definition) is 8. The fraction of sp³-hybridized carbons (Fsp3) is 0.259. The van der Waals surface area contributed by atoms with Crippen LogP contribution in [0.15, 0.2) is 42.0 Å². The van der Waals surface area contributed by atoms with Crippen molar-refractivity contribution in [3.05, 3.63) is 79.3 Å². The molecule has 3 heterocycles. The van der Waals surface area contributed by atoms with Crippen molar-refractivity contribution in [3.63, 3.8) is 0 Å². The zero-order valence-corrected chi connectivity index (χ0v) is 22.9. The quantitative estimate of drug-likeness (QED) is 0.176. The Hall–Kier alpha value is -3.40. The highest BCUT2D eigenvalue weighted by atomic mass is 35.5. The minimum Gasteiger partial charge on any atom is -0.507 e. The van der Waals surface area contributed by atoms with Crippen LogP contribution in [0.25, 0.3) is 5.76 Å². The van der Waals surface area contributed by atoms with Crippen molar-refractivity contribution in [2.75, 3.05) is 11.5 Å². The number of nitrogens with zero attached hydrogens (tertiary/aromatic N) is 2. The molecule has 8 nitrogen and oxygen atoms in total. The first-order chi connectivity index (χ1) is 18.1. The van der Waals surface area contributed by atoms with E-state index in [4.69, 9.17) is 32.7 Å². The van der Waals surface area contributed by atoms with Gasteiger partial charge in [0.2, 0.25) is 0 Å². The summed E-state index contributed by atoms with van der Waals surface area (Å²) in [6.07, 6.45) is 0.640. The number of amides is 1. The molecule has 0 spiro atoms. The van der Waals surface area contributed by atoms with Crippen LogP contribution in [0.4, 0.5) is 5.13 Å². The number of rotatable bonds is 5. The van der Waals surface area contributed by atoms with Gasteiger partial charge in [-0.1, -0.05) is 40.6 Å². The van der Waals surface area contributed by atoms with Gasteiger partial charge in [0.05, 0.1) is 34.0 Å². The van der Waals surface area contributed by atoms with Crippen molar-refractivity contribution in [3.8, 4) is 5.75 Å². The summed E-state index contributed by atoms with van der Waals surface area (Å²) >= 11 is 13.4. The van der Waals surface area contributed by atoms with Gasteiger partial charge in [-0.2, -0.15) is 0 Å². The van der Waals surface area contributed by atoms with Gasteiger partial charge >= 0.3 is 11.9 Å². The molecule has 0 aliphatic carbocycles. The monoisotopic (exact) mass is 572 g/mol.